The number of piperidine rings is 1. The second kappa shape index (κ2) is 7.31. The Kier molecular flexibility index (Phi) is 5.18. The molecule has 0 spiro atoms. The van der Waals surface area contributed by atoms with Gasteiger partial charge in [0.15, 0.2) is 0 Å². The Morgan fingerprint density at radius 2 is 1.85 bits per heavy atom. The van der Waals surface area contributed by atoms with Crippen molar-refractivity contribution in [3.63, 3.8) is 0 Å². The molecular weight excluding hydrogens is 448 g/mol. The molecule has 0 saturated carbocycles. The number of anilines is 1. The number of hydrogen-bond acceptors (Lipinski definition) is 4. The molecule has 1 aromatic carbocycles. The average molecular weight is 469 g/mol. The highest BCUT2D eigenvalue weighted by molar-refractivity contribution is 9.11. The molecule has 0 bridgehead atoms. The number of halogens is 1. The van der Waals surface area contributed by atoms with Gasteiger partial charge in [0.1, 0.15) is 4.21 Å². The number of amides is 1. The molecular formula is C19H21BrN2O3S2. The van der Waals surface area contributed by atoms with E-state index in [1.807, 2.05) is 23.1 Å². The molecule has 144 valence electrons. The molecule has 2 aliphatic rings. The first-order valence-electron chi connectivity index (χ1n) is 9.04. The van der Waals surface area contributed by atoms with Crippen LogP contribution in [-0.2, 0) is 21.2 Å². The van der Waals surface area contributed by atoms with Crippen molar-refractivity contribution in [3.05, 3.63) is 45.7 Å². The molecule has 8 heteroatoms. The van der Waals surface area contributed by atoms with Crippen LogP contribution in [0.3, 0.4) is 0 Å². The van der Waals surface area contributed by atoms with Crippen molar-refractivity contribution in [2.75, 3.05) is 18.0 Å². The van der Waals surface area contributed by atoms with Gasteiger partial charge >= 0.3 is 0 Å². The normalized spacial score (nSPS) is 21.4. The molecule has 5 nitrogen and oxygen atoms in total. The fourth-order valence-corrected chi connectivity index (χ4v) is 7.64. The minimum Gasteiger partial charge on any atom is -0.309 e. The zero-order chi connectivity index (χ0) is 19.2. The molecule has 4 rings (SSSR count). The molecule has 0 aliphatic carbocycles. The van der Waals surface area contributed by atoms with E-state index in [0.29, 0.717) is 30.1 Å². The lowest BCUT2D eigenvalue weighted by atomic mass is 9.96. The van der Waals surface area contributed by atoms with E-state index in [1.54, 1.807) is 12.1 Å². The smallest absolute Gasteiger partial charge is 0.252 e. The Bertz CT molecular complexity index is 965. The summed E-state index contributed by atoms with van der Waals surface area (Å²) in [4.78, 5) is 15.1. The number of thiophene rings is 1. The van der Waals surface area contributed by atoms with Crippen molar-refractivity contribution in [1.29, 1.82) is 0 Å². The van der Waals surface area contributed by atoms with Crippen LogP contribution in [0.1, 0.15) is 25.3 Å². The van der Waals surface area contributed by atoms with Crippen LogP contribution < -0.4 is 4.90 Å². The minimum absolute atomic E-state index is 0.125. The summed E-state index contributed by atoms with van der Waals surface area (Å²) in [5.74, 6) is 0.00324. The van der Waals surface area contributed by atoms with Crippen LogP contribution in [0.4, 0.5) is 5.69 Å². The molecule has 2 aromatic rings. The molecule has 1 saturated heterocycles. The largest absolute Gasteiger partial charge is 0.309 e. The number of nitrogens with zero attached hydrogens (tertiary/aromatic N) is 2. The highest BCUT2D eigenvalue weighted by Gasteiger charge is 2.38. The summed E-state index contributed by atoms with van der Waals surface area (Å²) in [7, 11) is -3.47. The molecule has 0 radical (unpaired) electrons. The second-order valence-electron chi connectivity index (χ2n) is 7.13. The quantitative estimate of drug-likeness (QED) is 0.686. The van der Waals surface area contributed by atoms with Crippen molar-refractivity contribution < 1.29 is 13.2 Å². The molecule has 1 aromatic heterocycles. The van der Waals surface area contributed by atoms with Gasteiger partial charge in [0.05, 0.1) is 3.79 Å². The van der Waals surface area contributed by atoms with Gasteiger partial charge in [0.2, 0.25) is 5.91 Å². The van der Waals surface area contributed by atoms with Crippen molar-refractivity contribution in [2.24, 2.45) is 5.92 Å². The van der Waals surface area contributed by atoms with E-state index in [4.69, 9.17) is 0 Å². The highest BCUT2D eigenvalue weighted by atomic mass is 79.9. The van der Waals surface area contributed by atoms with Gasteiger partial charge in [-0.05, 0) is 65.9 Å². The molecule has 1 unspecified atom stereocenters. The number of benzene rings is 1. The van der Waals surface area contributed by atoms with E-state index < -0.39 is 10.0 Å². The number of carbonyl (C=O) groups is 1. The Labute approximate surface area is 172 Å². The third kappa shape index (κ3) is 3.48. The summed E-state index contributed by atoms with van der Waals surface area (Å²) in [6.07, 6.45) is 2.01. The van der Waals surface area contributed by atoms with Gasteiger partial charge in [-0.3, -0.25) is 4.79 Å². The highest BCUT2D eigenvalue weighted by Crippen LogP contribution is 2.36. The maximum absolute atomic E-state index is 13.2. The molecule has 1 amide bonds. The molecule has 0 N–H and O–H groups in total. The first-order valence-corrected chi connectivity index (χ1v) is 12.1. The van der Waals surface area contributed by atoms with Gasteiger partial charge in [-0.25, -0.2) is 8.42 Å². The van der Waals surface area contributed by atoms with Crippen molar-refractivity contribution >= 4 is 48.9 Å². The van der Waals surface area contributed by atoms with Crippen LogP contribution in [0, 0.1) is 5.92 Å². The zero-order valence-corrected chi connectivity index (χ0v) is 18.2. The number of fused-ring (bicyclic) bond motifs is 1. The predicted molar refractivity (Wildman–Crippen MR) is 111 cm³/mol. The molecule has 2 aliphatic heterocycles. The lowest BCUT2D eigenvalue weighted by molar-refractivity contribution is -0.123. The Hall–Kier alpha value is -1.22. The maximum Gasteiger partial charge on any atom is 0.252 e. The van der Waals surface area contributed by atoms with E-state index in [-0.39, 0.29) is 17.9 Å². The summed E-state index contributed by atoms with van der Waals surface area (Å²) in [6, 6.07) is 11.6. The van der Waals surface area contributed by atoms with Gasteiger partial charge in [-0.15, -0.1) is 11.3 Å². The summed E-state index contributed by atoms with van der Waals surface area (Å²) < 4.78 is 28.2. The second-order valence-corrected chi connectivity index (χ2v) is 11.8. The monoisotopic (exact) mass is 468 g/mol. The Balaban J connectivity index is 1.46. The van der Waals surface area contributed by atoms with Crippen molar-refractivity contribution in [1.82, 2.24) is 4.31 Å². The van der Waals surface area contributed by atoms with Gasteiger partial charge < -0.3 is 4.90 Å². The SMILES string of the molecule is CC1Cc2ccccc2N1C(=O)C1CCN(S(=O)(=O)c2ccc(Br)s2)CC1. The maximum atomic E-state index is 13.2. The lowest BCUT2D eigenvalue weighted by Gasteiger charge is -2.33. The summed E-state index contributed by atoms with van der Waals surface area (Å²) in [5, 5.41) is 0. The van der Waals surface area contributed by atoms with E-state index in [1.165, 1.54) is 21.2 Å². The molecule has 1 atom stereocenters. The third-order valence-corrected chi connectivity index (χ3v) is 9.38. The molecule has 1 fully saturated rings. The fourth-order valence-electron chi connectivity index (χ4n) is 4.00. The number of para-hydroxylation sites is 1. The van der Waals surface area contributed by atoms with E-state index in [2.05, 4.69) is 28.9 Å². The van der Waals surface area contributed by atoms with E-state index in [9.17, 15) is 13.2 Å². The first-order chi connectivity index (χ1) is 12.9. The van der Waals surface area contributed by atoms with Gasteiger partial charge in [0, 0.05) is 30.7 Å². The van der Waals surface area contributed by atoms with Crippen molar-refractivity contribution in [2.45, 2.75) is 36.4 Å². The van der Waals surface area contributed by atoms with E-state index in [0.717, 1.165) is 15.9 Å². The first kappa shape index (κ1) is 19.1. The van der Waals surface area contributed by atoms with Crippen molar-refractivity contribution in [3.8, 4) is 0 Å². The zero-order valence-electron chi connectivity index (χ0n) is 15.0. The summed E-state index contributed by atoms with van der Waals surface area (Å²) in [6.45, 7) is 2.85. The summed E-state index contributed by atoms with van der Waals surface area (Å²) >= 11 is 4.54. The van der Waals surface area contributed by atoms with E-state index >= 15 is 0 Å². The Morgan fingerprint density at radius 3 is 2.52 bits per heavy atom. The van der Waals surface area contributed by atoms with Crippen LogP contribution in [0.25, 0.3) is 0 Å². The van der Waals surface area contributed by atoms with Gasteiger partial charge in [-0.2, -0.15) is 4.31 Å². The number of rotatable bonds is 3. The minimum atomic E-state index is -3.47. The molecule has 27 heavy (non-hydrogen) atoms. The lowest BCUT2D eigenvalue weighted by Crippen LogP contribution is -2.46. The van der Waals surface area contributed by atoms with Gasteiger partial charge in [0.25, 0.3) is 10.0 Å². The number of hydrogen-bond donors (Lipinski definition) is 0. The van der Waals surface area contributed by atoms with Crippen LogP contribution in [0.15, 0.2) is 44.4 Å². The van der Waals surface area contributed by atoms with Crippen LogP contribution >= 0.6 is 27.3 Å². The van der Waals surface area contributed by atoms with Crippen LogP contribution in [-0.4, -0.2) is 37.8 Å². The standard InChI is InChI=1S/C19H21BrN2O3S2/c1-13-12-15-4-2-3-5-16(15)22(13)19(23)14-8-10-21(11-9-14)27(24,25)18-7-6-17(20)26-18/h2-7,13-14H,8-12H2,1H3. The van der Waals surface area contributed by atoms with Crippen LogP contribution in [0.5, 0.6) is 0 Å². The predicted octanol–water partition coefficient (Wildman–Crippen LogP) is 3.89. The third-order valence-electron chi connectivity index (χ3n) is 5.39. The Morgan fingerprint density at radius 1 is 1.15 bits per heavy atom. The average Bonchev–Trinajstić information content (AvgIpc) is 3.24. The topological polar surface area (TPSA) is 57.7 Å². The van der Waals surface area contributed by atoms with Gasteiger partial charge in [-0.1, -0.05) is 18.2 Å². The number of sulfonamides is 1. The number of carbonyl (C=O) groups excluding carboxylic acids is 1. The van der Waals surface area contributed by atoms with Crippen LogP contribution in [0.2, 0.25) is 0 Å². The summed E-state index contributed by atoms with van der Waals surface area (Å²) in [5.41, 5.74) is 2.22. The fraction of sp³-hybridized carbons (Fsp3) is 0.421. The molecule has 3 heterocycles.